The number of nitrogens with one attached hydrogen (secondary N) is 1. The molecule has 1 N–H and O–H groups in total. The number of amides is 1. The second-order valence-electron chi connectivity index (χ2n) is 4.38. The molecule has 0 fully saturated rings. The van der Waals surface area contributed by atoms with E-state index in [1.807, 2.05) is 13.8 Å². The molecule has 0 atom stereocenters. The van der Waals surface area contributed by atoms with Gasteiger partial charge in [0.05, 0.1) is 16.6 Å². The number of carbonyl (C=O) groups is 1. The maximum Gasteiger partial charge on any atom is 0.345 e. The lowest BCUT2D eigenvalue weighted by atomic mass is 10.2. The van der Waals surface area contributed by atoms with Crippen molar-refractivity contribution in [2.24, 2.45) is 0 Å². The lowest BCUT2D eigenvalue weighted by Gasteiger charge is -2.13. The number of benzene rings is 1. The van der Waals surface area contributed by atoms with Gasteiger partial charge >= 0.3 is 5.00 Å². The summed E-state index contributed by atoms with van der Waals surface area (Å²) in [7, 11) is 0. The summed E-state index contributed by atoms with van der Waals surface area (Å²) in [5, 5.41) is 13.2. The van der Waals surface area contributed by atoms with Crippen LogP contribution in [0.15, 0.2) is 30.5 Å². The van der Waals surface area contributed by atoms with Gasteiger partial charge in [0, 0.05) is 0 Å². The van der Waals surface area contributed by atoms with E-state index < -0.39 is 10.8 Å². The summed E-state index contributed by atoms with van der Waals surface area (Å²) in [6, 6.07) is 6.80. The van der Waals surface area contributed by atoms with Crippen molar-refractivity contribution < 1.29 is 14.5 Å². The summed E-state index contributed by atoms with van der Waals surface area (Å²) in [5.41, 5.74) is 0.351. The fourth-order valence-electron chi connectivity index (χ4n) is 1.58. The number of anilines is 1. The summed E-state index contributed by atoms with van der Waals surface area (Å²) in [6.45, 7) is 3.72. The second-order valence-corrected chi connectivity index (χ2v) is 5.39. The van der Waals surface area contributed by atoms with E-state index in [-0.39, 0.29) is 16.2 Å². The Labute approximate surface area is 124 Å². The third kappa shape index (κ3) is 3.76. The molecule has 0 aliphatic heterocycles. The van der Waals surface area contributed by atoms with Crippen LogP contribution in [0.1, 0.15) is 24.2 Å². The first-order valence-corrected chi connectivity index (χ1v) is 6.96. The van der Waals surface area contributed by atoms with E-state index in [9.17, 15) is 14.9 Å². The van der Waals surface area contributed by atoms with Crippen LogP contribution in [-0.2, 0) is 0 Å². The molecule has 0 saturated heterocycles. The third-order valence-corrected chi connectivity index (χ3v) is 3.25. The Morgan fingerprint density at radius 1 is 1.43 bits per heavy atom. The third-order valence-electron chi connectivity index (χ3n) is 2.39. The minimum absolute atomic E-state index is 0.0695. The lowest BCUT2D eigenvalue weighted by molar-refractivity contribution is -0.380. The lowest BCUT2D eigenvalue weighted by Crippen LogP contribution is -2.15. The fourth-order valence-corrected chi connectivity index (χ4v) is 2.21. The normalized spacial score (nSPS) is 10.4. The van der Waals surface area contributed by atoms with Crippen molar-refractivity contribution in [3.05, 3.63) is 46.1 Å². The van der Waals surface area contributed by atoms with Crippen LogP contribution in [0.25, 0.3) is 0 Å². The molecule has 0 saturated carbocycles. The largest absolute Gasteiger partial charge is 0.490 e. The Kier molecular flexibility index (Phi) is 4.49. The Balaban J connectivity index is 2.18. The molecule has 2 aromatic rings. The fraction of sp³-hybridized carbons (Fsp3) is 0.231. The number of hydrogen-bond acceptors (Lipinski definition) is 6. The predicted molar refractivity (Wildman–Crippen MR) is 78.9 cm³/mol. The van der Waals surface area contributed by atoms with Gasteiger partial charge in [0.25, 0.3) is 5.91 Å². The first kappa shape index (κ1) is 14.9. The first-order valence-electron chi connectivity index (χ1n) is 6.14. The van der Waals surface area contributed by atoms with Crippen molar-refractivity contribution >= 4 is 27.4 Å². The van der Waals surface area contributed by atoms with E-state index in [1.165, 1.54) is 0 Å². The molecule has 7 nitrogen and oxygen atoms in total. The molecule has 0 radical (unpaired) electrons. The molecule has 21 heavy (non-hydrogen) atoms. The highest BCUT2D eigenvalue weighted by Gasteiger charge is 2.17. The van der Waals surface area contributed by atoms with Gasteiger partial charge < -0.3 is 4.74 Å². The van der Waals surface area contributed by atoms with Crippen LogP contribution in [0, 0.1) is 10.1 Å². The molecule has 0 aliphatic rings. The van der Waals surface area contributed by atoms with Crippen molar-refractivity contribution in [3.63, 3.8) is 0 Å². The van der Waals surface area contributed by atoms with Crippen molar-refractivity contribution in [3.8, 4) is 5.75 Å². The van der Waals surface area contributed by atoms with E-state index in [4.69, 9.17) is 4.74 Å². The van der Waals surface area contributed by atoms with Crippen LogP contribution in [0.3, 0.4) is 0 Å². The van der Waals surface area contributed by atoms with Gasteiger partial charge in [0.1, 0.15) is 11.9 Å². The minimum Gasteiger partial charge on any atom is -0.490 e. The van der Waals surface area contributed by atoms with Gasteiger partial charge in [-0.15, -0.1) is 0 Å². The molecule has 1 heterocycles. The number of nitrogens with zero attached hydrogens (tertiary/aromatic N) is 2. The molecule has 0 aliphatic carbocycles. The molecular weight excluding hydrogens is 294 g/mol. The van der Waals surface area contributed by atoms with E-state index in [0.717, 1.165) is 17.5 Å². The number of nitro groups is 1. The predicted octanol–water partition coefficient (Wildman–Crippen LogP) is 3.09. The SMILES string of the molecule is CC(C)Oc1ccccc1C(=O)Nc1ncc([N+](=O)[O-])s1. The quantitative estimate of drug-likeness (QED) is 0.676. The molecular formula is C13H13N3O4S. The Morgan fingerprint density at radius 3 is 2.76 bits per heavy atom. The van der Waals surface area contributed by atoms with E-state index in [2.05, 4.69) is 10.3 Å². The molecule has 0 spiro atoms. The Morgan fingerprint density at radius 2 is 2.14 bits per heavy atom. The van der Waals surface area contributed by atoms with E-state index in [0.29, 0.717) is 11.3 Å². The number of ether oxygens (including phenoxy) is 1. The average Bonchev–Trinajstić information content (AvgIpc) is 2.87. The number of aromatic nitrogens is 1. The molecule has 1 aromatic carbocycles. The Hall–Kier alpha value is -2.48. The van der Waals surface area contributed by atoms with E-state index >= 15 is 0 Å². The van der Waals surface area contributed by atoms with Crippen molar-refractivity contribution in [1.82, 2.24) is 4.98 Å². The van der Waals surface area contributed by atoms with Crippen molar-refractivity contribution in [2.75, 3.05) is 5.32 Å². The molecule has 1 aromatic heterocycles. The maximum absolute atomic E-state index is 12.2. The summed E-state index contributed by atoms with van der Waals surface area (Å²) in [4.78, 5) is 26.0. The van der Waals surface area contributed by atoms with Crippen molar-refractivity contribution in [2.45, 2.75) is 20.0 Å². The van der Waals surface area contributed by atoms with Gasteiger partial charge in [-0.1, -0.05) is 12.1 Å². The number of rotatable bonds is 5. The second kappa shape index (κ2) is 6.31. The highest BCUT2D eigenvalue weighted by Crippen LogP contribution is 2.26. The van der Waals surface area contributed by atoms with Crippen molar-refractivity contribution in [1.29, 1.82) is 0 Å². The Bertz CT molecular complexity index is 669. The molecule has 8 heteroatoms. The molecule has 2 rings (SSSR count). The summed E-state index contributed by atoms with van der Waals surface area (Å²) >= 11 is 0.801. The number of thiazole rings is 1. The van der Waals surface area contributed by atoms with Gasteiger partial charge in [-0.25, -0.2) is 4.98 Å². The molecule has 1 amide bonds. The molecule has 110 valence electrons. The van der Waals surface area contributed by atoms with Crippen LogP contribution >= 0.6 is 11.3 Å². The van der Waals surface area contributed by atoms with Gasteiger partial charge in [-0.2, -0.15) is 0 Å². The van der Waals surface area contributed by atoms with E-state index in [1.54, 1.807) is 24.3 Å². The van der Waals surface area contributed by atoms with Crippen LogP contribution in [-0.4, -0.2) is 21.9 Å². The van der Waals surface area contributed by atoms with Crippen LogP contribution < -0.4 is 10.1 Å². The first-order chi connectivity index (χ1) is 9.97. The zero-order valence-corrected chi connectivity index (χ0v) is 12.2. The molecule has 0 unspecified atom stereocenters. The number of carbonyl (C=O) groups excluding carboxylic acids is 1. The van der Waals surface area contributed by atoms with Crippen LogP contribution in [0.4, 0.5) is 10.1 Å². The van der Waals surface area contributed by atoms with Crippen LogP contribution in [0.5, 0.6) is 5.75 Å². The van der Waals surface area contributed by atoms with Gasteiger partial charge in [-0.3, -0.25) is 20.2 Å². The number of para-hydroxylation sites is 1. The monoisotopic (exact) mass is 307 g/mol. The summed E-state index contributed by atoms with van der Waals surface area (Å²) in [5.74, 6) is 0.0338. The maximum atomic E-state index is 12.2. The highest BCUT2D eigenvalue weighted by molar-refractivity contribution is 7.18. The zero-order chi connectivity index (χ0) is 15.4. The van der Waals surface area contributed by atoms with Gasteiger partial charge in [0.2, 0.25) is 0 Å². The zero-order valence-electron chi connectivity index (χ0n) is 11.4. The summed E-state index contributed by atoms with van der Waals surface area (Å²) < 4.78 is 5.56. The minimum atomic E-state index is -0.552. The van der Waals surface area contributed by atoms with Gasteiger partial charge in [-0.05, 0) is 37.3 Å². The topological polar surface area (TPSA) is 94.4 Å². The highest BCUT2D eigenvalue weighted by atomic mass is 32.1. The average molecular weight is 307 g/mol. The van der Waals surface area contributed by atoms with Crippen LogP contribution in [0.2, 0.25) is 0 Å². The standard InChI is InChI=1S/C13H13N3O4S/c1-8(2)20-10-6-4-3-5-9(10)12(17)15-13-14-7-11(21-13)16(18)19/h3-8H,1-2H3,(H,14,15,17). The molecule has 0 bridgehead atoms. The van der Waals surface area contributed by atoms with Gasteiger partial charge in [0.15, 0.2) is 5.13 Å². The summed E-state index contributed by atoms with van der Waals surface area (Å²) in [6.07, 6.45) is 1.04. The number of hydrogen-bond donors (Lipinski definition) is 1. The smallest absolute Gasteiger partial charge is 0.345 e.